The van der Waals surface area contributed by atoms with Gasteiger partial charge in [0, 0.05) is 12.4 Å². The SMILES string of the molecule is CC(C)[C@@H]1CCC[C@](N)(c2ncc[nH]2)C1. The van der Waals surface area contributed by atoms with Gasteiger partial charge in [0.05, 0.1) is 5.54 Å². The molecule has 1 aliphatic rings. The van der Waals surface area contributed by atoms with Gasteiger partial charge in [0.25, 0.3) is 0 Å². The molecule has 1 aromatic rings. The summed E-state index contributed by atoms with van der Waals surface area (Å²) in [5.41, 5.74) is 6.25. The fraction of sp³-hybridized carbons (Fsp3) is 0.750. The largest absolute Gasteiger partial charge is 0.347 e. The van der Waals surface area contributed by atoms with Crippen molar-refractivity contribution >= 4 is 0 Å². The molecule has 3 N–H and O–H groups in total. The van der Waals surface area contributed by atoms with Gasteiger partial charge in [-0.15, -0.1) is 0 Å². The summed E-state index contributed by atoms with van der Waals surface area (Å²) in [6, 6.07) is 0. The minimum atomic E-state index is -0.212. The van der Waals surface area contributed by atoms with E-state index in [0.29, 0.717) is 0 Å². The Morgan fingerprint density at radius 1 is 1.60 bits per heavy atom. The Hall–Kier alpha value is -0.830. The Balaban J connectivity index is 2.15. The van der Waals surface area contributed by atoms with E-state index in [4.69, 9.17) is 5.73 Å². The molecule has 2 rings (SSSR count). The molecule has 0 spiro atoms. The number of aromatic nitrogens is 2. The zero-order valence-corrected chi connectivity index (χ0v) is 9.66. The Labute approximate surface area is 91.5 Å². The van der Waals surface area contributed by atoms with Crippen molar-refractivity contribution < 1.29 is 0 Å². The molecule has 0 amide bonds. The molecule has 1 aromatic heterocycles. The lowest BCUT2D eigenvalue weighted by Gasteiger charge is -2.38. The van der Waals surface area contributed by atoms with Crippen molar-refractivity contribution in [3.05, 3.63) is 18.2 Å². The molecular weight excluding hydrogens is 186 g/mol. The fourth-order valence-electron chi connectivity index (χ4n) is 2.67. The normalized spacial score (nSPS) is 32.1. The minimum Gasteiger partial charge on any atom is -0.347 e. The lowest BCUT2D eigenvalue weighted by atomic mass is 9.72. The molecule has 0 saturated heterocycles. The number of imidazole rings is 1. The first-order valence-corrected chi connectivity index (χ1v) is 5.90. The van der Waals surface area contributed by atoms with Crippen LogP contribution in [-0.2, 0) is 5.54 Å². The van der Waals surface area contributed by atoms with Crippen LogP contribution in [0.5, 0.6) is 0 Å². The molecule has 1 heterocycles. The first-order chi connectivity index (χ1) is 7.12. The maximum absolute atomic E-state index is 6.46. The molecule has 0 radical (unpaired) electrons. The van der Waals surface area contributed by atoms with Gasteiger partial charge < -0.3 is 10.7 Å². The predicted octanol–water partition coefficient (Wildman–Crippen LogP) is 2.41. The molecule has 3 heteroatoms. The lowest BCUT2D eigenvalue weighted by Crippen LogP contribution is -2.43. The molecular formula is C12H21N3. The van der Waals surface area contributed by atoms with Crippen LogP contribution in [0.1, 0.15) is 45.4 Å². The lowest BCUT2D eigenvalue weighted by molar-refractivity contribution is 0.177. The highest BCUT2D eigenvalue weighted by atomic mass is 15.0. The summed E-state index contributed by atoms with van der Waals surface area (Å²) in [5.74, 6) is 2.44. The molecule has 84 valence electrons. The van der Waals surface area contributed by atoms with Crippen molar-refractivity contribution in [2.24, 2.45) is 17.6 Å². The van der Waals surface area contributed by atoms with Crippen LogP contribution in [0.4, 0.5) is 0 Å². The second-order valence-electron chi connectivity index (χ2n) is 5.19. The van der Waals surface area contributed by atoms with Crippen molar-refractivity contribution in [2.45, 2.75) is 45.1 Å². The second kappa shape index (κ2) is 3.97. The van der Waals surface area contributed by atoms with Crippen LogP contribution in [0.25, 0.3) is 0 Å². The van der Waals surface area contributed by atoms with E-state index in [1.807, 2.05) is 6.20 Å². The smallest absolute Gasteiger partial charge is 0.126 e. The predicted molar refractivity (Wildman–Crippen MR) is 61.2 cm³/mol. The highest BCUT2D eigenvalue weighted by molar-refractivity contribution is 5.07. The number of H-pyrrole nitrogens is 1. The van der Waals surface area contributed by atoms with Gasteiger partial charge in [-0.1, -0.05) is 26.7 Å². The van der Waals surface area contributed by atoms with Crippen LogP contribution in [0.2, 0.25) is 0 Å². The zero-order valence-electron chi connectivity index (χ0n) is 9.66. The quantitative estimate of drug-likeness (QED) is 0.782. The first kappa shape index (κ1) is 10.7. The summed E-state index contributed by atoms with van der Waals surface area (Å²) < 4.78 is 0. The van der Waals surface area contributed by atoms with E-state index < -0.39 is 0 Å². The maximum Gasteiger partial charge on any atom is 0.126 e. The number of nitrogens with zero attached hydrogens (tertiary/aromatic N) is 1. The van der Waals surface area contributed by atoms with Crippen molar-refractivity contribution in [3.63, 3.8) is 0 Å². The Kier molecular flexibility index (Phi) is 2.83. The van der Waals surface area contributed by atoms with E-state index in [0.717, 1.165) is 30.5 Å². The van der Waals surface area contributed by atoms with Gasteiger partial charge in [-0.05, 0) is 24.7 Å². The number of nitrogens with one attached hydrogen (secondary N) is 1. The monoisotopic (exact) mass is 207 g/mol. The molecule has 1 aliphatic carbocycles. The average Bonchev–Trinajstić information content (AvgIpc) is 2.71. The van der Waals surface area contributed by atoms with E-state index >= 15 is 0 Å². The molecule has 3 nitrogen and oxygen atoms in total. The van der Waals surface area contributed by atoms with Crippen LogP contribution in [0.3, 0.4) is 0 Å². The van der Waals surface area contributed by atoms with Gasteiger partial charge in [0.15, 0.2) is 0 Å². The number of hydrogen-bond acceptors (Lipinski definition) is 2. The molecule has 1 saturated carbocycles. The highest BCUT2D eigenvalue weighted by Gasteiger charge is 2.37. The molecule has 15 heavy (non-hydrogen) atoms. The fourth-order valence-corrected chi connectivity index (χ4v) is 2.67. The summed E-state index contributed by atoms with van der Waals surface area (Å²) in [6.07, 6.45) is 8.32. The topological polar surface area (TPSA) is 54.7 Å². The van der Waals surface area contributed by atoms with E-state index in [1.54, 1.807) is 6.20 Å². The summed E-state index contributed by atoms with van der Waals surface area (Å²) in [6.45, 7) is 4.58. The van der Waals surface area contributed by atoms with Gasteiger partial charge in [0.1, 0.15) is 5.82 Å². The van der Waals surface area contributed by atoms with Crippen LogP contribution in [0.15, 0.2) is 12.4 Å². The average molecular weight is 207 g/mol. The Bertz CT molecular complexity index is 305. The molecule has 0 aliphatic heterocycles. The number of rotatable bonds is 2. The van der Waals surface area contributed by atoms with E-state index in [2.05, 4.69) is 23.8 Å². The summed E-state index contributed by atoms with van der Waals surface area (Å²) in [7, 11) is 0. The van der Waals surface area contributed by atoms with Gasteiger partial charge in [-0.25, -0.2) is 4.98 Å². The Morgan fingerprint density at radius 2 is 2.40 bits per heavy atom. The maximum atomic E-state index is 6.46. The van der Waals surface area contributed by atoms with Crippen LogP contribution in [0, 0.1) is 11.8 Å². The first-order valence-electron chi connectivity index (χ1n) is 5.90. The van der Waals surface area contributed by atoms with Crippen LogP contribution in [-0.4, -0.2) is 9.97 Å². The molecule has 0 aromatic carbocycles. The zero-order chi connectivity index (χ0) is 10.9. The minimum absolute atomic E-state index is 0.212. The van der Waals surface area contributed by atoms with Gasteiger partial charge >= 0.3 is 0 Å². The molecule has 0 unspecified atom stereocenters. The van der Waals surface area contributed by atoms with Gasteiger partial charge in [0.2, 0.25) is 0 Å². The van der Waals surface area contributed by atoms with E-state index in [9.17, 15) is 0 Å². The van der Waals surface area contributed by atoms with Crippen molar-refractivity contribution in [3.8, 4) is 0 Å². The molecule has 1 fully saturated rings. The highest BCUT2D eigenvalue weighted by Crippen LogP contribution is 2.39. The number of hydrogen-bond donors (Lipinski definition) is 2. The Morgan fingerprint density at radius 3 is 3.00 bits per heavy atom. The van der Waals surface area contributed by atoms with Crippen molar-refractivity contribution in [2.75, 3.05) is 0 Å². The summed E-state index contributed by atoms with van der Waals surface area (Å²) in [5, 5.41) is 0. The van der Waals surface area contributed by atoms with Crippen LogP contribution >= 0.6 is 0 Å². The third-order valence-corrected chi connectivity index (χ3v) is 3.74. The van der Waals surface area contributed by atoms with Crippen LogP contribution < -0.4 is 5.73 Å². The third kappa shape index (κ3) is 2.07. The van der Waals surface area contributed by atoms with Crippen molar-refractivity contribution in [1.29, 1.82) is 0 Å². The van der Waals surface area contributed by atoms with Gasteiger partial charge in [-0.3, -0.25) is 0 Å². The number of nitrogens with two attached hydrogens (primary N) is 1. The molecule has 2 atom stereocenters. The summed E-state index contributed by atoms with van der Waals surface area (Å²) in [4.78, 5) is 7.50. The third-order valence-electron chi connectivity index (χ3n) is 3.74. The molecule has 0 bridgehead atoms. The summed E-state index contributed by atoms with van der Waals surface area (Å²) >= 11 is 0. The second-order valence-corrected chi connectivity index (χ2v) is 5.19. The van der Waals surface area contributed by atoms with Crippen molar-refractivity contribution in [1.82, 2.24) is 9.97 Å². The standard InChI is InChI=1S/C12H21N3/c1-9(2)10-4-3-5-12(13,8-10)11-14-6-7-15-11/h6-7,9-10H,3-5,8,13H2,1-2H3,(H,14,15)/t10-,12-/m1/s1. The van der Waals surface area contributed by atoms with E-state index in [-0.39, 0.29) is 5.54 Å². The number of aromatic amines is 1. The van der Waals surface area contributed by atoms with E-state index in [1.165, 1.54) is 12.8 Å². The van der Waals surface area contributed by atoms with Gasteiger partial charge in [-0.2, -0.15) is 0 Å².